The summed E-state index contributed by atoms with van der Waals surface area (Å²) in [4.78, 5) is 24.1. The van der Waals surface area contributed by atoms with Crippen molar-refractivity contribution in [2.45, 2.75) is 19.0 Å². The summed E-state index contributed by atoms with van der Waals surface area (Å²) < 4.78 is 13.2. The van der Waals surface area contributed by atoms with Gasteiger partial charge in [0.1, 0.15) is 5.82 Å². The van der Waals surface area contributed by atoms with Crippen molar-refractivity contribution in [3.8, 4) is 0 Å². The van der Waals surface area contributed by atoms with Crippen LogP contribution in [0, 0.1) is 5.82 Å². The molecule has 31 heavy (non-hydrogen) atoms. The highest BCUT2D eigenvalue weighted by Crippen LogP contribution is 2.24. The Balaban J connectivity index is 0.00000171. The third-order valence-electron chi connectivity index (χ3n) is 6.01. The van der Waals surface area contributed by atoms with Crippen molar-refractivity contribution in [3.05, 3.63) is 60.2 Å². The summed E-state index contributed by atoms with van der Waals surface area (Å²) in [5, 5.41) is 3.40. The van der Waals surface area contributed by atoms with Gasteiger partial charge < -0.3 is 15.1 Å². The number of hydrogen-bond acceptors (Lipinski definition) is 5. The number of carbonyl (C=O) groups excluding carboxylic acids is 1. The lowest BCUT2D eigenvalue weighted by atomic mass is 10.0. The molecule has 2 aliphatic rings. The number of nitrogens with one attached hydrogen (secondary N) is 1. The van der Waals surface area contributed by atoms with Crippen LogP contribution in [-0.2, 0) is 4.79 Å². The van der Waals surface area contributed by atoms with Crippen LogP contribution in [0.5, 0.6) is 0 Å². The molecular weight excluding hydrogens is 440 g/mol. The maximum absolute atomic E-state index is 13.4. The van der Waals surface area contributed by atoms with Crippen molar-refractivity contribution in [2.24, 2.45) is 0 Å². The molecule has 2 fully saturated rings. The molecule has 2 aromatic rings. The van der Waals surface area contributed by atoms with Crippen molar-refractivity contribution in [3.63, 3.8) is 0 Å². The molecule has 2 atom stereocenters. The molecule has 0 radical (unpaired) electrons. The van der Waals surface area contributed by atoms with E-state index < -0.39 is 0 Å². The van der Waals surface area contributed by atoms with Gasteiger partial charge in [0.25, 0.3) is 0 Å². The van der Waals surface area contributed by atoms with Gasteiger partial charge in [0.15, 0.2) is 0 Å². The van der Waals surface area contributed by atoms with E-state index in [2.05, 4.69) is 20.1 Å². The van der Waals surface area contributed by atoms with Gasteiger partial charge >= 0.3 is 0 Å². The topological polar surface area (TPSA) is 51.7 Å². The number of aromatic nitrogens is 1. The number of rotatable bonds is 4. The second-order valence-corrected chi connectivity index (χ2v) is 7.71. The molecule has 2 unspecified atom stereocenters. The van der Waals surface area contributed by atoms with Crippen LogP contribution in [0.3, 0.4) is 0 Å². The quantitative estimate of drug-likeness (QED) is 0.745. The average molecular weight is 470 g/mol. The molecule has 1 amide bonds. The molecule has 0 bridgehead atoms. The van der Waals surface area contributed by atoms with Crippen molar-refractivity contribution in [1.82, 2.24) is 20.1 Å². The largest absolute Gasteiger partial charge is 0.369 e. The minimum absolute atomic E-state index is 0. The molecule has 2 saturated heterocycles. The fraction of sp³-hybridized carbons (Fsp3) is 0.455. The number of piperazine rings is 2. The van der Waals surface area contributed by atoms with Crippen molar-refractivity contribution in [2.75, 3.05) is 50.7 Å². The molecule has 1 aromatic carbocycles. The summed E-state index contributed by atoms with van der Waals surface area (Å²) in [5.74, 6) is -0.0404. The predicted octanol–water partition coefficient (Wildman–Crippen LogP) is 2.75. The minimum Gasteiger partial charge on any atom is -0.369 e. The number of anilines is 1. The van der Waals surface area contributed by atoms with Crippen LogP contribution in [0.1, 0.15) is 18.5 Å². The van der Waals surface area contributed by atoms with Crippen LogP contribution < -0.4 is 10.2 Å². The highest BCUT2D eigenvalue weighted by Gasteiger charge is 2.34. The molecule has 9 heteroatoms. The molecule has 0 spiro atoms. The average Bonchev–Trinajstić information content (AvgIpc) is 2.79. The van der Waals surface area contributed by atoms with Gasteiger partial charge in [-0.2, -0.15) is 0 Å². The van der Waals surface area contributed by atoms with Gasteiger partial charge in [-0.05, 0) is 42.8 Å². The Morgan fingerprint density at radius 2 is 1.81 bits per heavy atom. The van der Waals surface area contributed by atoms with E-state index in [1.807, 2.05) is 42.3 Å². The molecule has 1 N–H and O–H groups in total. The molecule has 2 aliphatic heterocycles. The number of pyridine rings is 1. The first-order valence-electron chi connectivity index (χ1n) is 10.3. The zero-order chi connectivity index (χ0) is 20.2. The van der Waals surface area contributed by atoms with E-state index in [1.165, 1.54) is 12.1 Å². The normalized spacial score (nSPS) is 20.4. The van der Waals surface area contributed by atoms with Crippen molar-refractivity contribution < 1.29 is 9.18 Å². The lowest BCUT2D eigenvalue weighted by molar-refractivity contribution is -0.140. The van der Waals surface area contributed by atoms with Crippen LogP contribution in [0.2, 0.25) is 0 Å². The first-order valence-corrected chi connectivity index (χ1v) is 10.3. The summed E-state index contributed by atoms with van der Waals surface area (Å²) in [6, 6.07) is 10.4. The van der Waals surface area contributed by atoms with Crippen LogP contribution in [0.25, 0.3) is 0 Å². The Morgan fingerprint density at radius 1 is 1.10 bits per heavy atom. The van der Waals surface area contributed by atoms with E-state index >= 15 is 0 Å². The fourth-order valence-electron chi connectivity index (χ4n) is 4.25. The van der Waals surface area contributed by atoms with E-state index in [9.17, 15) is 9.18 Å². The zero-order valence-electron chi connectivity index (χ0n) is 17.6. The lowest BCUT2D eigenvalue weighted by Crippen LogP contribution is -2.57. The maximum atomic E-state index is 13.4. The summed E-state index contributed by atoms with van der Waals surface area (Å²) >= 11 is 0. The molecule has 0 aliphatic carbocycles. The first-order chi connectivity index (χ1) is 14.1. The number of benzene rings is 1. The van der Waals surface area contributed by atoms with Gasteiger partial charge in [0.2, 0.25) is 5.91 Å². The number of nitrogens with zero attached hydrogens (tertiary/aromatic N) is 4. The number of halogens is 3. The zero-order valence-corrected chi connectivity index (χ0v) is 19.2. The van der Waals surface area contributed by atoms with Gasteiger partial charge in [-0.15, -0.1) is 24.8 Å². The van der Waals surface area contributed by atoms with Crippen LogP contribution in [0.4, 0.5) is 10.1 Å². The Hall–Kier alpha value is -1.93. The van der Waals surface area contributed by atoms with Gasteiger partial charge in [0.05, 0.1) is 12.1 Å². The Bertz CT molecular complexity index is 818. The highest BCUT2D eigenvalue weighted by atomic mass is 35.5. The Labute approximate surface area is 195 Å². The van der Waals surface area contributed by atoms with Gasteiger partial charge in [-0.1, -0.05) is 6.07 Å². The predicted molar refractivity (Wildman–Crippen MR) is 126 cm³/mol. The summed E-state index contributed by atoms with van der Waals surface area (Å²) in [6.07, 6.45) is 3.61. The number of carbonyl (C=O) groups is 1. The smallest absolute Gasteiger partial charge is 0.240 e. The van der Waals surface area contributed by atoms with E-state index in [0.717, 1.165) is 50.5 Å². The Kier molecular flexibility index (Phi) is 9.50. The van der Waals surface area contributed by atoms with Crippen molar-refractivity contribution >= 4 is 36.4 Å². The monoisotopic (exact) mass is 469 g/mol. The van der Waals surface area contributed by atoms with Gasteiger partial charge in [-0.3, -0.25) is 14.7 Å². The van der Waals surface area contributed by atoms with Crippen LogP contribution >= 0.6 is 24.8 Å². The molecule has 6 nitrogen and oxygen atoms in total. The first kappa shape index (κ1) is 25.3. The second-order valence-electron chi connectivity index (χ2n) is 7.71. The Morgan fingerprint density at radius 3 is 2.45 bits per heavy atom. The van der Waals surface area contributed by atoms with Gasteiger partial charge in [-0.25, -0.2) is 4.39 Å². The van der Waals surface area contributed by atoms with Crippen molar-refractivity contribution in [1.29, 1.82) is 0 Å². The van der Waals surface area contributed by atoms with E-state index in [4.69, 9.17) is 0 Å². The molecular formula is C22H30Cl2FN5O. The highest BCUT2D eigenvalue weighted by molar-refractivity contribution is 5.85. The second kappa shape index (κ2) is 11.6. The van der Waals surface area contributed by atoms with Crippen LogP contribution in [0.15, 0.2) is 48.8 Å². The third kappa shape index (κ3) is 5.86. The van der Waals surface area contributed by atoms with E-state index in [0.29, 0.717) is 6.54 Å². The third-order valence-corrected chi connectivity index (χ3v) is 6.01. The van der Waals surface area contributed by atoms with E-state index in [1.54, 1.807) is 6.20 Å². The summed E-state index contributed by atoms with van der Waals surface area (Å²) in [6.45, 7) is 7.57. The summed E-state index contributed by atoms with van der Waals surface area (Å²) in [7, 11) is 0. The molecule has 0 saturated carbocycles. The van der Waals surface area contributed by atoms with E-state index in [-0.39, 0.29) is 48.6 Å². The lowest BCUT2D eigenvalue weighted by Gasteiger charge is -2.42. The molecule has 4 rings (SSSR count). The maximum Gasteiger partial charge on any atom is 0.240 e. The molecule has 3 heterocycles. The number of amides is 1. The SMILES string of the molecule is CC(C(=O)N1CCNCC1c1cccnc1)N1CCN(c2ccc(F)cc2)CC1.Cl.Cl. The standard InChI is InChI=1S/C22H28FN5O.2ClH/c1-17(26-11-13-27(14-12-26)20-6-4-19(23)5-7-20)22(29)28-10-9-25-16-21(28)18-3-2-8-24-15-18;;/h2-8,15,17,21,25H,9-14,16H2,1H3;2*1H. The fourth-order valence-corrected chi connectivity index (χ4v) is 4.25. The van der Waals surface area contributed by atoms with Crippen LogP contribution in [-0.4, -0.2) is 72.5 Å². The molecule has 1 aromatic heterocycles. The summed E-state index contributed by atoms with van der Waals surface area (Å²) in [5.41, 5.74) is 2.10. The molecule has 170 valence electrons. The van der Waals surface area contributed by atoms with Gasteiger partial charge in [0, 0.05) is 63.9 Å². The minimum atomic E-state index is -0.217. The number of hydrogen-bond donors (Lipinski definition) is 1.